The van der Waals surface area contributed by atoms with Crippen LogP contribution in [0.25, 0.3) is 33.4 Å². The molecule has 0 N–H and O–H groups in total. The topological polar surface area (TPSA) is 36.9 Å². The average Bonchev–Trinajstić information content (AvgIpc) is 3.02. The fourth-order valence-electron chi connectivity index (χ4n) is 5.59. The van der Waals surface area contributed by atoms with Crippen molar-refractivity contribution in [3.63, 3.8) is 0 Å². The van der Waals surface area contributed by atoms with Crippen LogP contribution >= 0.6 is 0 Å². The van der Waals surface area contributed by atoms with E-state index in [2.05, 4.69) is 88.4 Å². The molecule has 0 fully saturated rings. The maximum atomic E-state index is 6.31. The molecule has 0 amide bonds. The van der Waals surface area contributed by atoms with E-state index in [9.17, 15) is 0 Å². The minimum absolute atomic E-state index is 0.826. The van der Waals surface area contributed by atoms with Crippen molar-refractivity contribution in [3.05, 3.63) is 82.9 Å². The Kier molecular flexibility index (Phi) is 9.42. The Morgan fingerprint density at radius 2 is 1.12 bits per heavy atom. The van der Waals surface area contributed by atoms with Crippen LogP contribution in [-0.4, -0.2) is 28.4 Å². The number of aryl methyl sites for hydroxylation is 4. The van der Waals surface area contributed by atoms with Gasteiger partial charge in [0.2, 0.25) is 0 Å². The van der Waals surface area contributed by atoms with Crippen molar-refractivity contribution < 1.29 is 18.9 Å². The number of rotatable bonds is 11. The third-order valence-corrected chi connectivity index (χ3v) is 7.82. The summed E-state index contributed by atoms with van der Waals surface area (Å²) in [4.78, 5) is 0. The van der Waals surface area contributed by atoms with E-state index in [1.807, 2.05) is 0 Å². The SMILES string of the molecule is CCc1ccc(-c2c(CC)cc(-c3ccc(CC)c(OC)c3)c(OC)c2-c2ccc(OC)c(CC)c2)c(OC)c1. The van der Waals surface area contributed by atoms with Gasteiger partial charge in [-0.2, -0.15) is 0 Å². The van der Waals surface area contributed by atoms with E-state index < -0.39 is 0 Å². The van der Waals surface area contributed by atoms with Gasteiger partial charge in [0.05, 0.1) is 28.4 Å². The Labute approximate surface area is 239 Å². The van der Waals surface area contributed by atoms with Crippen LogP contribution in [0.3, 0.4) is 0 Å². The van der Waals surface area contributed by atoms with E-state index >= 15 is 0 Å². The van der Waals surface area contributed by atoms with Crippen molar-refractivity contribution >= 4 is 0 Å². The van der Waals surface area contributed by atoms with Gasteiger partial charge in [0, 0.05) is 22.3 Å². The second kappa shape index (κ2) is 13.0. The van der Waals surface area contributed by atoms with Crippen molar-refractivity contribution in [2.75, 3.05) is 28.4 Å². The molecule has 0 aliphatic carbocycles. The van der Waals surface area contributed by atoms with E-state index in [4.69, 9.17) is 18.9 Å². The summed E-state index contributed by atoms with van der Waals surface area (Å²) in [5.41, 5.74) is 11.2. The quantitative estimate of drug-likeness (QED) is 0.191. The summed E-state index contributed by atoms with van der Waals surface area (Å²) in [5.74, 6) is 3.47. The Bertz CT molecular complexity index is 1490. The number of hydrogen-bond donors (Lipinski definition) is 0. The lowest BCUT2D eigenvalue weighted by molar-refractivity contribution is 0.409. The monoisotopic (exact) mass is 538 g/mol. The summed E-state index contributed by atoms with van der Waals surface area (Å²) >= 11 is 0. The van der Waals surface area contributed by atoms with Gasteiger partial charge in [-0.25, -0.2) is 0 Å². The second-order valence-electron chi connectivity index (χ2n) is 9.87. The van der Waals surface area contributed by atoms with Gasteiger partial charge in [-0.05, 0) is 89.4 Å². The van der Waals surface area contributed by atoms with Gasteiger partial charge in [-0.3, -0.25) is 0 Å². The molecule has 0 aromatic heterocycles. The lowest BCUT2D eigenvalue weighted by Crippen LogP contribution is -2.02. The summed E-state index contributed by atoms with van der Waals surface area (Å²) in [7, 11) is 6.97. The molecule has 210 valence electrons. The van der Waals surface area contributed by atoms with Crippen LogP contribution in [0.5, 0.6) is 23.0 Å². The van der Waals surface area contributed by atoms with Gasteiger partial charge in [-0.15, -0.1) is 0 Å². The van der Waals surface area contributed by atoms with Crippen molar-refractivity contribution in [1.29, 1.82) is 0 Å². The van der Waals surface area contributed by atoms with Gasteiger partial charge in [0.15, 0.2) is 0 Å². The number of methoxy groups -OCH3 is 4. The smallest absolute Gasteiger partial charge is 0.135 e. The first-order valence-corrected chi connectivity index (χ1v) is 14.2. The van der Waals surface area contributed by atoms with E-state index in [1.54, 1.807) is 28.4 Å². The van der Waals surface area contributed by atoms with Crippen LogP contribution in [0.2, 0.25) is 0 Å². The maximum absolute atomic E-state index is 6.31. The van der Waals surface area contributed by atoms with E-state index in [0.717, 1.165) is 87.6 Å². The minimum Gasteiger partial charge on any atom is -0.496 e. The Hall–Kier alpha value is -3.92. The number of benzene rings is 4. The molecule has 4 heteroatoms. The van der Waals surface area contributed by atoms with Crippen molar-refractivity contribution in [1.82, 2.24) is 0 Å². The zero-order valence-electron chi connectivity index (χ0n) is 25.2. The van der Waals surface area contributed by atoms with Gasteiger partial charge >= 0.3 is 0 Å². The molecule has 40 heavy (non-hydrogen) atoms. The van der Waals surface area contributed by atoms with Crippen LogP contribution < -0.4 is 18.9 Å². The average molecular weight is 539 g/mol. The highest BCUT2D eigenvalue weighted by Gasteiger charge is 2.25. The molecule has 4 aromatic rings. The number of ether oxygens (including phenoxy) is 4. The van der Waals surface area contributed by atoms with Gasteiger partial charge in [0.25, 0.3) is 0 Å². The third-order valence-electron chi connectivity index (χ3n) is 7.82. The fourth-order valence-corrected chi connectivity index (χ4v) is 5.59. The minimum atomic E-state index is 0.826. The van der Waals surface area contributed by atoms with E-state index in [0.29, 0.717) is 0 Å². The Morgan fingerprint density at radius 3 is 1.73 bits per heavy atom. The predicted octanol–water partition coefficient (Wildman–Crippen LogP) is 8.97. The molecule has 0 bridgehead atoms. The molecule has 0 heterocycles. The maximum Gasteiger partial charge on any atom is 0.135 e. The highest BCUT2D eigenvalue weighted by atomic mass is 16.5. The molecule has 0 aliphatic heterocycles. The highest BCUT2D eigenvalue weighted by molar-refractivity contribution is 5.97. The summed E-state index contributed by atoms with van der Waals surface area (Å²) in [5, 5.41) is 0. The Morgan fingerprint density at radius 1 is 0.450 bits per heavy atom. The second-order valence-corrected chi connectivity index (χ2v) is 9.87. The molecule has 0 atom stereocenters. The molecule has 0 saturated heterocycles. The zero-order valence-corrected chi connectivity index (χ0v) is 25.2. The first-order chi connectivity index (χ1) is 19.5. The van der Waals surface area contributed by atoms with Crippen molar-refractivity contribution in [2.45, 2.75) is 53.4 Å². The summed E-state index contributed by atoms with van der Waals surface area (Å²) in [6.07, 6.45) is 3.56. The summed E-state index contributed by atoms with van der Waals surface area (Å²) in [6, 6.07) is 21.7. The normalized spacial score (nSPS) is 10.9. The van der Waals surface area contributed by atoms with Crippen LogP contribution in [0.15, 0.2) is 60.7 Å². The molecule has 4 nitrogen and oxygen atoms in total. The first-order valence-electron chi connectivity index (χ1n) is 14.2. The lowest BCUT2D eigenvalue weighted by atomic mass is 9.84. The van der Waals surface area contributed by atoms with Gasteiger partial charge in [0.1, 0.15) is 23.0 Å². The van der Waals surface area contributed by atoms with Crippen molar-refractivity contribution in [2.24, 2.45) is 0 Å². The molecule has 4 rings (SSSR count). The molecule has 4 aromatic carbocycles. The molecule has 0 saturated carbocycles. The highest BCUT2D eigenvalue weighted by Crippen LogP contribution is 2.50. The third kappa shape index (κ3) is 5.40. The largest absolute Gasteiger partial charge is 0.496 e. The summed E-state index contributed by atoms with van der Waals surface area (Å²) < 4.78 is 23.7. The van der Waals surface area contributed by atoms with E-state index in [1.165, 1.54) is 16.7 Å². The molecule has 0 radical (unpaired) electrons. The number of hydrogen-bond acceptors (Lipinski definition) is 4. The Balaban J connectivity index is 2.15. The molecule has 0 aliphatic rings. The van der Waals surface area contributed by atoms with Crippen LogP contribution in [0.4, 0.5) is 0 Å². The molecule has 0 unspecified atom stereocenters. The zero-order chi connectivity index (χ0) is 28.8. The van der Waals surface area contributed by atoms with Crippen LogP contribution in [-0.2, 0) is 25.7 Å². The lowest BCUT2D eigenvalue weighted by Gasteiger charge is -2.24. The summed E-state index contributed by atoms with van der Waals surface area (Å²) in [6.45, 7) is 8.67. The van der Waals surface area contributed by atoms with E-state index in [-0.39, 0.29) is 0 Å². The molecule has 0 spiro atoms. The van der Waals surface area contributed by atoms with Crippen LogP contribution in [0.1, 0.15) is 49.9 Å². The standard InChI is InChI=1S/C36H42O4/c1-9-23-13-17-29(33(19-23)39-7)34-26(12-4)21-30(27-15-14-24(10-2)32(22-27)38-6)36(40-8)35(34)28-16-18-31(37-5)25(11-3)20-28/h13-22H,9-12H2,1-8H3. The van der Waals surface area contributed by atoms with Gasteiger partial charge in [-0.1, -0.05) is 58.0 Å². The van der Waals surface area contributed by atoms with Crippen molar-refractivity contribution in [3.8, 4) is 56.4 Å². The predicted molar refractivity (Wildman–Crippen MR) is 166 cm³/mol. The fraction of sp³-hybridized carbons (Fsp3) is 0.333. The van der Waals surface area contributed by atoms with Crippen LogP contribution in [0, 0.1) is 0 Å². The van der Waals surface area contributed by atoms with Gasteiger partial charge < -0.3 is 18.9 Å². The molecular weight excluding hydrogens is 496 g/mol. The molecular formula is C36H42O4. The first kappa shape index (κ1) is 29.1.